The predicted octanol–water partition coefficient (Wildman–Crippen LogP) is -0.311. The molecule has 0 aromatic rings. The van der Waals surface area contributed by atoms with Crippen LogP contribution in [0.2, 0.25) is 0 Å². The van der Waals surface area contributed by atoms with Crippen molar-refractivity contribution < 1.29 is 46.9 Å². The number of aliphatic hydroxyl groups is 1. The molecule has 1 N–H and O–H groups in total. The van der Waals surface area contributed by atoms with Gasteiger partial charge >= 0.3 is 12.1 Å². The molecule has 13 heteroatoms. The number of nitrogens with zero attached hydrogens (tertiary/aromatic N) is 1. The van der Waals surface area contributed by atoms with E-state index in [0.717, 1.165) is 4.90 Å². The molecule has 0 aliphatic carbocycles. The van der Waals surface area contributed by atoms with Crippen LogP contribution in [-0.2, 0) is 38.4 Å². The number of fused-ring (bicyclic) bond motifs is 1. The maximum atomic E-state index is 12.9. The van der Waals surface area contributed by atoms with Crippen molar-refractivity contribution in [3.8, 4) is 0 Å². The smallest absolute Gasteiger partial charge is 0.431 e. The minimum atomic E-state index is -4.02. The number of esters is 1. The van der Waals surface area contributed by atoms with E-state index in [0.29, 0.717) is 26.1 Å². The van der Waals surface area contributed by atoms with Crippen LogP contribution in [0.3, 0.4) is 0 Å². The molecular formula is C16H22BrNO10S. The summed E-state index contributed by atoms with van der Waals surface area (Å²) in [7, 11) is -4.02. The average Bonchev–Trinajstić information content (AvgIpc) is 2.82. The molecule has 0 radical (unpaired) electrons. The third-order valence-electron chi connectivity index (χ3n) is 5.46. The van der Waals surface area contributed by atoms with Crippen molar-refractivity contribution in [3.63, 3.8) is 0 Å². The highest BCUT2D eigenvalue weighted by molar-refractivity contribution is 9.10. The van der Waals surface area contributed by atoms with E-state index in [1.54, 1.807) is 0 Å². The van der Waals surface area contributed by atoms with Gasteiger partial charge < -0.3 is 29.0 Å². The number of aliphatic hydroxyl groups excluding tert-OH is 1. The van der Waals surface area contributed by atoms with Crippen LogP contribution in [0.15, 0.2) is 0 Å². The van der Waals surface area contributed by atoms with Crippen molar-refractivity contribution in [2.24, 2.45) is 0 Å². The number of carbonyl (C=O) groups excluding carboxylic acids is 3. The molecule has 29 heavy (non-hydrogen) atoms. The lowest BCUT2D eigenvalue weighted by atomic mass is 9.92. The zero-order chi connectivity index (χ0) is 21.6. The molecule has 0 aromatic carbocycles. The Hall–Kier alpha value is -1.44. The summed E-state index contributed by atoms with van der Waals surface area (Å²) in [4.78, 5) is 37.5. The number of amides is 1. The third kappa shape index (κ3) is 3.41. The van der Waals surface area contributed by atoms with Crippen molar-refractivity contribution in [1.82, 2.24) is 4.90 Å². The molecule has 3 atom stereocenters. The summed E-state index contributed by atoms with van der Waals surface area (Å²) < 4.78 is 42.2. The normalized spacial score (nSPS) is 32.8. The van der Waals surface area contributed by atoms with Gasteiger partial charge in [0.25, 0.3) is 0 Å². The summed E-state index contributed by atoms with van der Waals surface area (Å²) in [5.41, 5.74) is 0. The molecule has 0 unspecified atom stereocenters. The Balaban J connectivity index is 1.62. The van der Waals surface area contributed by atoms with Gasteiger partial charge in [0.1, 0.15) is 16.9 Å². The van der Waals surface area contributed by atoms with Gasteiger partial charge in [-0.05, 0) is 13.8 Å². The van der Waals surface area contributed by atoms with Gasteiger partial charge in [-0.25, -0.2) is 18.0 Å². The fraction of sp³-hybridized carbons (Fsp3) is 0.812. The Morgan fingerprint density at radius 1 is 1.28 bits per heavy atom. The van der Waals surface area contributed by atoms with E-state index in [9.17, 15) is 27.9 Å². The highest BCUT2D eigenvalue weighted by Crippen LogP contribution is 2.53. The van der Waals surface area contributed by atoms with E-state index < -0.39 is 61.8 Å². The Bertz CT molecular complexity index is 809. The number of ether oxygens (including phenoxy) is 4. The zero-order valence-corrected chi connectivity index (χ0v) is 18.2. The summed E-state index contributed by atoms with van der Waals surface area (Å²) in [6.07, 6.45) is -0.321. The summed E-state index contributed by atoms with van der Waals surface area (Å²) >= 11 is 2.99. The average molecular weight is 500 g/mol. The van der Waals surface area contributed by atoms with Crippen LogP contribution in [0.4, 0.5) is 4.79 Å². The number of hydrogen-bond acceptors (Lipinski definition) is 10. The first-order chi connectivity index (χ1) is 13.5. The molecule has 0 spiro atoms. The second-order valence-electron chi connectivity index (χ2n) is 7.54. The van der Waals surface area contributed by atoms with Gasteiger partial charge in [-0.3, -0.25) is 4.79 Å². The summed E-state index contributed by atoms with van der Waals surface area (Å²) in [5.74, 6) is -1.78. The molecule has 3 fully saturated rings. The van der Waals surface area contributed by atoms with E-state index in [1.165, 1.54) is 13.8 Å². The maximum Gasteiger partial charge on any atom is 0.511 e. The second kappa shape index (κ2) is 7.67. The van der Waals surface area contributed by atoms with E-state index in [1.807, 2.05) is 0 Å². The third-order valence-corrected chi connectivity index (χ3v) is 9.69. The van der Waals surface area contributed by atoms with Gasteiger partial charge in [0.15, 0.2) is 19.5 Å². The molecule has 3 aliphatic heterocycles. The van der Waals surface area contributed by atoms with Crippen molar-refractivity contribution in [2.75, 3.05) is 26.6 Å². The first-order valence-corrected chi connectivity index (χ1v) is 11.3. The summed E-state index contributed by atoms with van der Waals surface area (Å²) in [5, 5.41) is 8.07. The van der Waals surface area contributed by atoms with Crippen molar-refractivity contribution in [1.29, 1.82) is 0 Å². The number of halogens is 1. The molecule has 1 amide bonds. The summed E-state index contributed by atoms with van der Waals surface area (Å²) in [6, 6.07) is -1.45. The van der Waals surface area contributed by atoms with Gasteiger partial charge in [0.05, 0.1) is 19.8 Å². The molecule has 3 heterocycles. The van der Waals surface area contributed by atoms with Gasteiger partial charge in [0, 0.05) is 12.8 Å². The van der Waals surface area contributed by atoms with E-state index >= 15 is 0 Å². The van der Waals surface area contributed by atoms with Crippen LogP contribution < -0.4 is 0 Å². The van der Waals surface area contributed by atoms with E-state index in [4.69, 9.17) is 18.9 Å². The molecule has 164 valence electrons. The lowest BCUT2D eigenvalue weighted by molar-refractivity contribution is -0.171. The highest BCUT2D eigenvalue weighted by Gasteiger charge is 2.77. The van der Waals surface area contributed by atoms with E-state index in [2.05, 4.69) is 15.9 Å². The highest BCUT2D eigenvalue weighted by atomic mass is 79.9. The molecule has 3 aliphatic rings. The van der Waals surface area contributed by atoms with Crippen LogP contribution in [0.25, 0.3) is 0 Å². The molecule has 0 aromatic heterocycles. The number of β-lactam (4-membered cyclic amide) rings is 1. The van der Waals surface area contributed by atoms with Gasteiger partial charge in [0.2, 0.25) is 12.7 Å². The van der Waals surface area contributed by atoms with Crippen molar-refractivity contribution in [3.05, 3.63) is 0 Å². The molecule has 3 rings (SSSR count). The largest absolute Gasteiger partial charge is 0.511 e. The molecule has 0 bridgehead atoms. The first kappa shape index (κ1) is 22.2. The van der Waals surface area contributed by atoms with Crippen LogP contribution in [0.5, 0.6) is 0 Å². The van der Waals surface area contributed by atoms with Crippen LogP contribution in [0, 0.1) is 0 Å². The Morgan fingerprint density at radius 2 is 1.90 bits per heavy atom. The standard InChI is InChI=1S/C16H22BrNO10S/c1-15(2)10(18-12(21)16(17,7-19)13(18)29(15,23)24)11(20)26-8-27-14(22)28-9-3-5-25-6-4-9/h9-10,13,19H,3-8H2,1-2H3/t10-,13+,16+/m0/s1. The number of hydrogen-bond donors (Lipinski definition) is 1. The number of carbonyl (C=O) groups is 3. The maximum absolute atomic E-state index is 12.9. The number of alkyl halides is 1. The van der Waals surface area contributed by atoms with Crippen LogP contribution in [-0.4, -0.2) is 89.7 Å². The SMILES string of the molecule is CC1(C)[C@H](C(=O)OCOC(=O)OC2CCOCC2)N2C(=O)[C@](Br)(CO)[C@H]2S1(=O)=O. The van der Waals surface area contributed by atoms with Crippen molar-refractivity contribution >= 4 is 43.8 Å². The van der Waals surface area contributed by atoms with Crippen LogP contribution >= 0.6 is 15.9 Å². The number of sulfone groups is 1. The molecule has 3 saturated heterocycles. The fourth-order valence-electron chi connectivity index (χ4n) is 3.73. The predicted molar refractivity (Wildman–Crippen MR) is 98.5 cm³/mol. The lowest BCUT2D eigenvalue weighted by Gasteiger charge is -2.48. The van der Waals surface area contributed by atoms with Gasteiger partial charge in [-0.1, -0.05) is 15.9 Å². The Labute approximate surface area is 175 Å². The lowest BCUT2D eigenvalue weighted by Crippen LogP contribution is -2.73. The van der Waals surface area contributed by atoms with Crippen molar-refractivity contribution in [2.45, 2.75) is 53.3 Å². The molecular weight excluding hydrogens is 478 g/mol. The topological polar surface area (TPSA) is 146 Å². The second-order valence-corrected chi connectivity index (χ2v) is 11.5. The molecule has 0 saturated carbocycles. The fourth-order valence-corrected chi connectivity index (χ4v) is 7.17. The van der Waals surface area contributed by atoms with Gasteiger partial charge in [-0.2, -0.15) is 0 Å². The monoisotopic (exact) mass is 499 g/mol. The number of rotatable bonds is 5. The van der Waals surface area contributed by atoms with Crippen LogP contribution in [0.1, 0.15) is 26.7 Å². The summed E-state index contributed by atoms with van der Waals surface area (Å²) in [6.45, 7) is 1.99. The zero-order valence-electron chi connectivity index (χ0n) is 15.8. The minimum absolute atomic E-state index is 0.351. The Morgan fingerprint density at radius 3 is 2.48 bits per heavy atom. The first-order valence-electron chi connectivity index (χ1n) is 8.92. The molecule has 11 nitrogen and oxygen atoms in total. The van der Waals surface area contributed by atoms with E-state index in [-0.39, 0.29) is 6.10 Å². The minimum Gasteiger partial charge on any atom is -0.431 e. The Kier molecular flexibility index (Phi) is 5.89. The quantitative estimate of drug-likeness (QED) is 0.231. The van der Waals surface area contributed by atoms with Gasteiger partial charge in [-0.15, -0.1) is 0 Å².